The van der Waals surface area contributed by atoms with E-state index in [9.17, 15) is 9.59 Å². The zero-order chi connectivity index (χ0) is 19.2. The molecule has 6 heteroatoms. The molecule has 0 aliphatic carbocycles. The van der Waals surface area contributed by atoms with Crippen molar-refractivity contribution in [3.63, 3.8) is 0 Å². The average Bonchev–Trinajstić information content (AvgIpc) is 2.94. The predicted molar refractivity (Wildman–Crippen MR) is 113 cm³/mol. The number of imide groups is 1. The molecule has 2 aromatic rings. The average molecular weight is 446 g/mol. The second kappa shape index (κ2) is 9.24. The number of halogens is 1. The maximum absolute atomic E-state index is 12.4. The second-order valence-electron chi connectivity index (χ2n) is 6.17. The summed E-state index contributed by atoms with van der Waals surface area (Å²) in [5.41, 5.74) is 1.95. The summed E-state index contributed by atoms with van der Waals surface area (Å²) in [5.74, 6) is 0.556. The molecule has 0 radical (unpaired) electrons. The first-order valence-electron chi connectivity index (χ1n) is 8.79. The van der Waals surface area contributed by atoms with Crippen LogP contribution in [0.5, 0.6) is 5.75 Å². The van der Waals surface area contributed by atoms with E-state index in [2.05, 4.69) is 15.9 Å². The van der Waals surface area contributed by atoms with Gasteiger partial charge in [-0.15, -0.1) is 0 Å². The minimum absolute atomic E-state index is 0.186. The van der Waals surface area contributed by atoms with Crippen molar-refractivity contribution < 1.29 is 14.3 Å². The minimum Gasteiger partial charge on any atom is -0.489 e. The Morgan fingerprint density at radius 3 is 2.44 bits per heavy atom. The molecule has 0 atom stereocenters. The van der Waals surface area contributed by atoms with E-state index in [-0.39, 0.29) is 11.1 Å². The molecular weight excluding hydrogens is 426 g/mol. The van der Waals surface area contributed by atoms with Crippen LogP contribution in [0, 0.1) is 0 Å². The molecule has 1 heterocycles. The fourth-order valence-corrected chi connectivity index (χ4v) is 3.70. The van der Waals surface area contributed by atoms with E-state index in [1.54, 1.807) is 6.08 Å². The van der Waals surface area contributed by atoms with Crippen molar-refractivity contribution in [2.75, 3.05) is 6.54 Å². The fraction of sp³-hybridized carbons (Fsp3) is 0.238. The molecule has 0 unspecified atom stereocenters. The quantitative estimate of drug-likeness (QED) is 0.500. The van der Waals surface area contributed by atoms with Crippen LogP contribution < -0.4 is 4.74 Å². The number of carbonyl (C=O) groups is 2. The Bertz CT molecular complexity index is 847. The van der Waals surface area contributed by atoms with Crippen LogP contribution in [-0.4, -0.2) is 22.6 Å². The summed E-state index contributed by atoms with van der Waals surface area (Å²) in [6.45, 7) is 3.01. The summed E-state index contributed by atoms with van der Waals surface area (Å²) in [4.78, 5) is 26.2. The third kappa shape index (κ3) is 5.23. The normalized spacial score (nSPS) is 15.6. The van der Waals surface area contributed by atoms with Gasteiger partial charge in [-0.3, -0.25) is 14.5 Å². The number of ether oxygens (including phenoxy) is 1. The number of amides is 2. The maximum atomic E-state index is 12.4. The number of hydrogen-bond acceptors (Lipinski definition) is 4. The van der Waals surface area contributed by atoms with E-state index in [1.165, 1.54) is 4.90 Å². The fourth-order valence-electron chi connectivity index (χ4n) is 2.57. The molecule has 0 saturated carbocycles. The maximum Gasteiger partial charge on any atom is 0.293 e. The molecule has 1 aliphatic rings. The van der Waals surface area contributed by atoms with Crippen molar-refractivity contribution >= 4 is 44.9 Å². The highest BCUT2D eigenvalue weighted by atomic mass is 79.9. The Labute approximate surface area is 171 Å². The number of rotatable bonds is 7. The van der Waals surface area contributed by atoms with Gasteiger partial charge in [-0.1, -0.05) is 53.5 Å². The van der Waals surface area contributed by atoms with Crippen LogP contribution in [0.25, 0.3) is 6.08 Å². The summed E-state index contributed by atoms with van der Waals surface area (Å²) in [5, 5.41) is -0.186. The van der Waals surface area contributed by atoms with Crippen molar-refractivity contribution in [1.82, 2.24) is 4.90 Å². The van der Waals surface area contributed by atoms with Crippen molar-refractivity contribution in [3.05, 3.63) is 69.0 Å². The highest BCUT2D eigenvalue weighted by Gasteiger charge is 2.34. The molecule has 1 fully saturated rings. The van der Waals surface area contributed by atoms with E-state index < -0.39 is 0 Å². The lowest BCUT2D eigenvalue weighted by Crippen LogP contribution is -2.29. The van der Waals surface area contributed by atoms with Crippen molar-refractivity contribution in [1.29, 1.82) is 0 Å². The Kier molecular flexibility index (Phi) is 6.74. The molecule has 0 aromatic heterocycles. The molecule has 1 aliphatic heterocycles. The Hall–Kier alpha value is -2.05. The highest BCUT2D eigenvalue weighted by Crippen LogP contribution is 2.32. The lowest BCUT2D eigenvalue weighted by atomic mass is 10.2. The lowest BCUT2D eigenvalue weighted by molar-refractivity contribution is -0.122. The molecular formula is C21H20BrNO3S. The van der Waals surface area contributed by atoms with Crippen LogP contribution in [0.2, 0.25) is 0 Å². The van der Waals surface area contributed by atoms with Gasteiger partial charge in [-0.25, -0.2) is 0 Å². The molecule has 1 saturated heterocycles. The third-order valence-electron chi connectivity index (χ3n) is 4.11. The molecule has 27 heavy (non-hydrogen) atoms. The zero-order valence-corrected chi connectivity index (χ0v) is 17.4. The highest BCUT2D eigenvalue weighted by molar-refractivity contribution is 9.10. The lowest BCUT2D eigenvalue weighted by Gasteiger charge is -2.10. The van der Waals surface area contributed by atoms with Crippen molar-refractivity contribution in [2.24, 2.45) is 0 Å². The van der Waals surface area contributed by atoms with E-state index in [0.717, 1.165) is 46.0 Å². The van der Waals surface area contributed by atoms with Crippen LogP contribution >= 0.6 is 27.7 Å². The smallest absolute Gasteiger partial charge is 0.293 e. The molecule has 4 nitrogen and oxygen atoms in total. The zero-order valence-electron chi connectivity index (χ0n) is 15.0. The SMILES string of the molecule is CCCCN1C(=O)S/C(=C\c2ccc(OCc3ccc(Br)cc3)cc2)C1=O. The van der Waals surface area contributed by atoms with Crippen LogP contribution in [-0.2, 0) is 11.4 Å². The summed E-state index contributed by atoms with van der Waals surface area (Å²) in [6.07, 6.45) is 3.54. The summed E-state index contributed by atoms with van der Waals surface area (Å²) < 4.78 is 6.82. The van der Waals surface area contributed by atoms with Crippen LogP contribution in [0.15, 0.2) is 57.9 Å². The third-order valence-corrected chi connectivity index (χ3v) is 5.54. The van der Waals surface area contributed by atoms with Crippen LogP contribution in [0.1, 0.15) is 30.9 Å². The summed E-state index contributed by atoms with van der Waals surface area (Å²) in [7, 11) is 0. The number of hydrogen-bond donors (Lipinski definition) is 0. The van der Waals surface area contributed by atoms with Gasteiger partial charge in [0.2, 0.25) is 0 Å². The first-order chi connectivity index (χ1) is 13.1. The van der Waals surface area contributed by atoms with Gasteiger partial charge >= 0.3 is 0 Å². The van der Waals surface area contributed by atoms with E-state index in [4.69, 9.17) is 4.74 Å². The molecule has 2 amide bonds. The van der Waals surface area contributed by atoms with Gasteiger partial charge in [-0.05, 0) is 59.7 Å². The molecule has 140 valence electrons. The van der Waals surface area contributed by atoms with E-state index in [1.807, 2.05) is 55.5 Å². The minimum atomic E-state index is -0.200. The van der Waals surface area contributed by atoms with E-state index >= 15 is 0 Å². The molecule has 3 rings (SSSR count). The number of unbranched alkanes of at least 4 members (excludes halogenated alkanes) is 1. The second-order valence-corrected chi connectivity index (χ2v) is 8.08. The molecule has 0 N–H and O–H groups in total. The van der Waals surface area contributed by atoms with Gasteiger partial charge in [0, 0.05) is 11.0 Å². The summed E-state index contributed by atoms with van der Waals surface area (Å²) >= 11 is 4.42. The number of nitrogens with zero attached hydrogens (tertiary/aromatic N) is 1. The molecule has 2 aromatic carbocycles. The van der Waals surface area contributed by atoms with Crippen LogP contribution in [0.4, 0.5) is 4.79 Å². The van der Waals surface area contributed by atoms with Gasteiger partial charge in [0.25, 0.3) is 11.1 Å². The van der Waals surface area contributed by atoms with Crippen molar-refractivity contribution in [3.8, 4) is 5.75 Å². The Morgan fingerprint density at radius 1 is 1.07 bits per heavy atom. The molecule has 0 bridgehead atoms. The predicted octanol–water partition coefficient (Wildman–Crippen LogP) is 5.86. The van der Waals surface area contributed by atoms with Crippen LogP contribution in [0.3, 0.4) is 0 Å². The first kappa shape index (κ1) is 19.7. The van der Waals surface area contributed by atoms with Gasteiger partial charge in [0.15, 0.2) is 0 Å². The Balaban J connectivity index is 1.61. The standard InChI is InChI=1S/C21H20BrNO3S/c1-2-3-12-23-20(24)19(27-21(23)25)13-15-6-10-18(11-7-15)26-14-16-4-8-17(22)9-5-16/h4-11,13H,2-3,12,14H2,1H3/b19-13-. The Morgan fingerprint density at radius 2 is 1.78 bits per heavy atom. The number of carbonyl (C=O) groups excluding carboxylic acids is 2. The van der Waals surface area contributed by atoms with Gasteiger partial charge < -0.3 is 4.74 Å². The monoisotopic (exact) mass is 445 g/mol. The van der Waals surface area contributed by atoms with E-state index in [0.29, 0.717) is 18.1 Å². The topological polar surface area (TPSA) is 46.6 Å². The molecule has 0 spiro atoms. The first-order valence-corrected chi connectivity index (χ1v) is 10.4. The number of benzene rings is 2. The van der Waals surface area contributed by atoms with Crippen molar-refractivity contribution in [2.45, 2.75) is 26.4 Å². The van der Waals surface area contributed by atoms with Gasteiger partial charge in [0.05, 0.1) is 4.91 Å². The number of thioether (sulfide) groups is 1. The van der Waals surface area contributed by atoms with Gasteiger partial charge in [-0.2, -0.15) is 0 Å². The largest absolute Gasteiger partial charge is 0.489 e. The van der Waals surface area contributed by atoms with Gasteiger partial charge in [0.1, 0.15) is 12.4 Å². The summed E-state index contributed by atoms with van der Waals surface area (Å²) in [6, 6.07) is 15.5.